The number of hydrogen-bond donors (Lipinski definition) is 3. The lowest BCUT2D eigenvalue weighted by molar-refractivity contribution is -0.111. The first-order chi connectivity index (χ1) is 16.1. The Hall–Kier alpha value is -4.23. The minimum absolute atomic E-state index is 0.149. The van der Waals surface area contributed by atoms with Crippen molar-refractivity contribution in [1.29, 1.82) is 0 Å². The monoisotopic (exact) mass is 436 g/mol. The van der Waals surface area contributed by atoms with Crippen LogP contribution in [-0.4, -0.2) is 51.4 Å². The number of H-pyrrole nitrogens is 2. The van der Waals surface area contributed by atoms with Gasteiger partial charge in [-0.2, -0.15) is 0 Å². The number of nitrogens with zero attached hydrogens (tertiary/aromatic N) is 3. The molecule has 0 aliphatic rings. The molecule has 5 rings (SSSR count). The average molecular weight is 437 g/mol. The second kappa shape index (κ2) is 8.72. The predicted octanol–water partition coefficient (Wildman–Crippen LogP) is 4.83. The molecule has 0 saturated heterocycles. The number of carbonyl (C=O) groups is 1. The molecule has 7 heteroatoms. The number of amides is 1. The van der Waals surface area contributed by atoms with Gasteiger partial charge in [-0.25, -0.2) is 9.97 Å². The van der Waals surface area contributed by atoms with Crippen LogP contribution in [0.3, 0.4) is 0 Å². The van der Waals surface area contributed by atoms with Gasteiger partial charge in [-0.1, -0.05) is 18.2 Å². The number of carbonyl (C=O) groups excluding carboxylic acids is 1. The van der Waals surface area contributed by atoms with Crippen molar-refractivity contribution in [3.05, 3.63) is 79.4 Å². The van der Waals surface area contributed by atoms with Gasteiger partial charge in [0.2, 0.25) is 5.91 Å². The van der Waals surface area contributed by atoms with Gasteiger partial charge in [-0.05, 0) is 55.6 Å². The Morgan fingerprint density at radius 2 is 1.88 bits per heavy atom. The van der Waals surface area contributed by atoms with Crippen molar-refractivity contribution in [3.8, 4) is 22.3 Å². The van der Waals surface area contributed by atoms with Crippen LogP contribution < -0.4 is 5.32 Å². The molecule has 7 nitrogen and oxygen atoms in total. The maximum Gasteiger partial charge on any atom is 0.248 e. The van der Waals surface area contributed by atoms with Gasteiger partial charge in [-0.3, -0.25) is 4.79 Å². The predicted molar refractivity (Wildman–Crippen MR) is 133 cm³/mol. The summed E-state index contributed by atoms with van der Waals surface area (Å²) in [6.45, 7) is 0.713. The van der Waals surface area contributed by atoms with Gasteiger partial charge in [0.05, 0.1) is 0 Å². The van der Waals surface area contributed by atoms with Crippen molar-refractivity contribution in [3.63, 3.8) is 0 Å². The summed E-state index contributed by atoms with van der Waals surface area (Å²) in [5.74, 6) is -0.149. The summed E-state index contributed by atoms with van der Waals surface area (Å²) in [6.07, 6.45) is 10.9. The lowest BCUT2D eigenvalue weighted by Crippen LogP contribution is -2.12. The van der Waals surface area contributed by atoms with Crippen LogP contribution in [0.25, 0.3) is 44.3 Å². The summed E-state index contributed by atoms with van der Waals surface area (Å²) < 4.78 is 0. The Bertz CT molecular complexity index is 1480. The molecule has 164 valence electrons. The third-order valence-electron chi connectivity index (χ3n) is 5.48. The highest BCUT2D eigenvalue weighted by molar-refractivity contribution is 6.04. The fraction of sp³-hybridized carbons (Fsp3) is 0.115. The van der Waals surface area contributed by atoms with Crippen LogP contribution in [0.1, 0.15) is 0 Å². The second-order valence-corrected chi connectivity index (χ2v) is 8.16. The molecule has 3 N–H and O–H groups in total. The average Bonchev–Trinajstić information content (AvgIpc) is 3.45. The van der Waals surface area contributed by atoms with Gasteiger partial charge >= 0.3 is 0 Å². The molecule has 4 aromatic heterocycles. The summed E-state index contributed by atoms with van der Waals surface area (Å²) in [5.41, 5.74) is 6.54. The number of anilines is 1. The number of pyridine rings is 2. The maximum absolute atomic E-state index is 12.2. The van der Waals surface area contributed by atoms with Gasteiger partial charge in [-0.15, -0.1) is 0 Å². The van der Waals surface area contributed by atoms with Gasteiger partial charge in [0.15, 0.2) is 0 Å². The van der Waals surface area contributed by atoms with E-state index in [4.69, 9.17) is 0 Å². The Kier molecular flexibility index (Phi) is 5.46. The first kappa shape index (κ1) is 20.7. The minimum Gasteiger partial charge on any atom is -0.346 e. The van der Waals surface area contributed by atoms with E-state index in [1.165, 1.54) is 0 Å². The van der Waals surface area contributed by atoms with Gasteiger partial charge in [0.1, 0.15) is 11.3 Å². The highest BCUT2D eigenvalue weighted by Crippen LogP contribution is 2.34. The SMILES string of the molecule is CN(C)CC=CC(=O)Nc1cccc(-c2cnc3[nH]cc(-c4ccnc5[nH]ccc45)c3c2)c1. The molecule has 4 heterocycles. The van der Waals surface area contributed by atoms with Crippen LogP contribution in [-0.2, 0) is 4.79 Å². The molecule has 0 unspecified atom stereocenters. The molecule has 0 radical (unpaired) electrons. The van der Waals surface area contributed by atoms with Crippen molar-refractivity contribution < 1.29 is 4.79 Å². The van der Waals surface area contributed by atoms with E-state index in [-0.39, 0.29) is 5.91 Å². The highest BCUT2D eigenvalue weighted by atomic mass is 16.1. The molecule has 0 saturated carbocycles. The van der Waals surface area contributed by atoms with Crippen molar-refractivity contribution >= 4 is 33.7 Å². The topological polar surface area (TPSA) is 89.7 Å². The fourth-order valence-corrected chi connectivity index (χ4v) is 3.91. The molecule has 0 fully saturated rings. The Morgan fingerprint density at radius 1 is 1.00 bits per heavy atom. The summed E-state index contributed by atoms with van der Waals surface area (Å²) >= 11 is 0. The fourth-order valence-electron chi connectivity index (χ4n) is 3.91. The van der Waals surface area contributed by atoms with Crippen molar-refractivity contribution in [2.75, 3.05) is 26.0 Å². The number of fused-ring (bicyclic) bond motifs is 2. The van der Waals surface area contributed by atoms with Gasteiger partial charge in [0.25, 0.3) is 0 Å². The lowest BCUT2D eigenvalue weighted by Gasteiger charge is -2.08. The smallest absolute Gasteiger partial charge is 0.248 e. The van der Waals surface area contributed by atoms with E-state index < -0.39 is 0 Å². The van der Waals surface area contributed by atoms with Crippen molar-refractivity contribution in [2.45, 2.75) is 0 Å². The number of rotatable bonds is 6. The molecule has 1 amide bonds. The molecule has 0 aliphatic carbocycles. The van der Waals surface area contributed by atoms with Crippen LogP contribution in [0.2, 0.25) is 0 Å². The van der Waals surface area contributed by atoms with Crippen LogP contribution >= 0.6 is 0 Å². The minimum atomic E-state index is -0.149. The summed E-state index contributed by atoms with van der Waals surface area (Å²) in [7, 11) is 3.92. The third-order valence-corrected chi connectivity index (χ3v) is 5.48. The summed E-state index contributed by atoms with van der Waals surface area (Å²) in [6, 6.07) is 14.0. The van der Waals surface area contributed by atoms with Crippen LogP contribution in [0.4, 0.5) is 5.69 Å². The van der Waals surface area contributed by atoms with Crippen molar-refractivity contribution in [2.24, 2.45) is 0 Å². The third kappa shape index (κ3) is 4.26. The zero-order valence-corrected chi connectivity index (χ0v) is 18.5. The molecular weight excluding hydrogens is 412 g/mol. The first-order valence-corrected chi connectivity index (χ1v) is 10.7. The molecule has 5 aromatic rings. The van der Waals surface area contributed by atoms with E-state index >= 15 is 0 Å². The lowest BCUT2D eigenvalue weighted by atomic mass is 10.0. The van der Waals surface area contributed by atoms with Crippen molar-refractivity contribution in [1.82, 2.24) is 24.8 Å². The number of aromatic nitrogens is 4. The normalized spacial score (nSPS) is 11.7. The number of benzene rings is 1. The standard InChI is InChI=1S/C26H24N6O/c1-32(2)12-4-7-24(33)31-19-6-3-5-17(13-19)18-14-22-23(16-30-26(22)29-15-18)20-8-10-27-25-21(20)9-11-28-25/h3-11,13-16H,12H2,1-2H3,(H,27,28)(H,29,30)(H,31,33). The molecular formula is C26H24N6O. The van der Waals surface area contributed by atoms with E-state index in [0.29, 0.717) is 6.54 Å². The van der Waals surface area contributed by atoms with Crippen LogP contribution in [0.5, 0.6) is 0 Å². The van der Waals surface area contributed by atoms with Gasteiger partial charge < -0.3 is 20.2 Å². The Balaban J connectivity index is 1.47. The molecule has 0 aliphatic heterocycles. The number of aromatic amines is 2. The van der Waals surface area contributed by atoms with E-state index in [0.717, 1.165) is 50.0 Å². The molecule has 1 aromatic carbocycles. The zero-order valence-electron chi connectivity index (χ0n) is 18.5. The number of likely N-dealkylation sites (N-methyl/N-ethyl adjacent to an activating group) is 1. The van der Waals surface area contributed by atoms with Crippen LogP contribution in [0.15, 0.2) is 79.4 Å². The highest BCUT2D eigenvalue weighted by Gasteiger charge is 2.13. The van der Waals surface area contributed by atoms with E-state index in [9.17, 15) is 4.79 Å². The maximum atomic E-state index is 12.2. The largest absolute Gasteiger partial charge is 0.346 e. The first-order valence-electron chi connectivity index (χ1n) is 10.7. The van der Waals surface area contributed by atoms with Crippen LogP contribution in [0, 0.1) is 0 Å². The van der Waals surface area contributed by atoms with E-state index in [1.54, 1.807) is 6.08 Å². The zero-order chi connectivity index (χ0) is 22.8. The number of nitrogens with one attached hydrogen (secondary N) is 3. The Morgan fingerprint density at radius 3 is 2.76 bits per heavy atom. The second-order valence-electron chi connectivity index (χ2n) is 8.16. The molecule has 33 heavy (non-hydrogen) atoms. The number of hydrogen-bond acceptors (Lipinski definition) is 4. The van der Waals surface area contributed by atoms with Gasteiger partial charge in [0, 0.05) is 65.0 Å². The summed E-state index contributed by atoms with van der Waals surface area (Å²) in [5, 5.41) is 5.03. The van der Waals surface area contributed by atoms with E-state index in [1.807, 2.05) is 86.3 Å². The molecule has 0 atom stereocenters. The quantitative estimate of drug-likeness (QED) is 0.333. The Labute approximate surface area is 191 Å². The van der Waals surface area contributed by atoms with E-state index in [2.05, 4.69) is 31.3 Å². The molecule has 0 spiro atoms. The molecule has 0 bridgehead atoms. The summed E-state index contributed by atoms with van der Waals surface area (Å²) in [4.78, 5) is 29.7.